The number of rotatable bonds is 8. The minimum Gasteiger partial charge on any atom is -0.509 e. The summed E-state index contributed by atoms with van der Waals surface area (Å²) in [5.74, 6) is 0.0960. The molecule has 1 aliphatic heterocycles. The Morgan fingerprint density at radius 1 is 1.06 bits per heavy atom. The highest BCUT2D eigenvalue weighted by atomic mass is 16.5. The zero-order valence-electron chi connectivity index (χ0n) is 18.8. The number of cyclic esters (lactones) is 1. The maximum Gasteiger partial charge on any atom is 0.337 e. The van der Waals surface area contributed by atoms with Gasteiger partial charge in [0.15, 0.2) is 0 Å². The van der Waals surface area contributed by atoms with Crippen LogP contribution in [0.3, 0.4) is 0 Å². The van der Waals surface area contributed by atoms with E-state index in [4.69, 9.17) is 4.74 Å². The number of nitrogens with zero attached hydrogens (tertiary/aromatic N) is 1. The predicted molar refractivity (Wildman–Crippen MR) is 126 cm³/mol. The van der Waals surface area contributed by atoms with Crippen molar-refractivity contribution < 1.29 is 19.7 Å². The van der Waals surface area contributed by atoms with Crippen molar-refractivity contribution in [3.8, 4) is 5.75 Å². The summed E-state index contributed by atoms with van der Waals surface area (Å²) in [6, 6.07) is 17.3. The third kappa shape index (κ3) is 4.34. The van der Waals surface area contributed by atoms with Gasteiger partial charge in [0, 0.05) is 12.2 Å². The molecule has 1 saturated carbocycles. The lowest BCUT2D eigenvalue weighted by molar-refractivity contribution is -0.144. The molecule has 2 aromatic carbocycles. The van der Waals surface area contributed by atoms with Gasteiger partial charge in [0.2, 0.25) is 0 Å². The molecule has 0 saturated heterocycles. The van der Waals surface area contributed by atoms with Crippen molar-refractivity contribution in [2.24, 2.45) is 5.92 Å². The van der Waals surface area contributed by atoms with Crippen LogP contribution in [0, 0.1) is 5.92 Å². The van der Waals surface area contributed by atoms with Crippen LogP contribution >= 0.6 is 0 Å². The summed E-state index contributed by atoms with van der Waals surface area (Å²) in [7, 11) is 0. The third-order valence-corrected chi connectivity index (χ3v) is 6.89. The maximum absolute atomic E-state index is 12.8. The van der Waals surface area contributed by atoms with E-state index in [9.17, 15) is 15.0 Å². The molecule has 0 aromatic heterocycles. The van der Waals surface area contributed by atoms with Gasteiger partial charge >= 0.3 is 5.97 Å². The van der Waals surface area contributed by atoms with E-state index in [0.717, 1.165) is 49.9 Å². The number of ether oxygens (including phenoxy) is 1. The molecule has 0 amide bonds. The fraction of sp³-hybridized carbons (Fsp3) is 0.444. The topological polar surface area (TPSA) is 70.0 Å². The lowest BCUT2D eigenvalue weighted by Crippen LogP contribution is -2.58. The van der Waals surface area contributed by atoms with Crippen molar-refractivity contribution in [1.29, 1.82) is 0 Å². The number of aliphatic hydroxyl groups excluding tert-OH is 1. The van der Waals surface area contributed by atoms with E-state index in [-0.39, 0.29) is 30.0 Å². The highest BCUT2D eigenvalue weighted by Gasteiger charge is 2.49. The molecule has 32 heavy (non-hydrogen) atoms. The Labute approximate surface area is 190 Å². The molecule has 5 nitrogen and oxygen atoms in total. The standard InChI is InChI=1S/C27H33NO4/c1-2-17-28(22-12-4-3-5-13-22)27(16-15-20-9-8-14-23(29)18-20)19-32-26(31)24(25(27)30)21-10-6-7-11-21/h3-5,8-9,12-14,18,21,29-30H,2,6-7,10-11,15-17,19H2,1H3/t27-/m0/s1. The quantitative estimate of drug-likeness (QED) is 0.533. The number of phenolic OH excluding ortho intramolecular Hbond substituents is 1. The van der Waals surface area contributed by atoms with E-state index in [1.54, 1.807) is 12.1 Å². The number of aryl methyl sites for hydroxylation is 1. The van der Waals surface area contributed by atoms with Crippen LogP contribution in [0.25, 0.3) is 0 Å². The molecule has 0 unspecified atom stereocenters. The van der Waals surface area contributed by atoms with Gasteiger partial charge in [-0.2, -0.15) is 0 Å². The Morgan fingerprint density at radius 2 is 1.81 bits per heavy atom. The Morgan fingerprint density at radius 3 is 2.50 bits per heavy atom. The van der Waals surface area contributed by atoms with Gasteiger partial charge in [-0.15, -0.1) is 0 Å². The van der Waals surface area contributed by atoms with Crippen LogP contribution in [0.2, 0.25) is 0 Å². The monoisotopic (exact) mass is 435 g/mol. The molecule has 1 fully saturated rings. The molecule has 4 rings (SSSR count). The molecular weight excluding hydrogens is 402 g/mol. The zero-order chi connectivity index (χ0) is 22.6. The van der Waals surface area contributed by atoms with Crippen molar-refractivity contribution in [1.82, 2.24) is 0 Å². The number of hydrogen-bond acceptors (Lipinski definition) is 5. The number of anilines is 1. The van der Waals surface area contributed by atoms with Crippen LogP contribution in [-0.2, 0) is 16.0 Å². The fourth-order valence-corrected chi connectivity index (χ4v) is 5.27. The van der Waals surface area contributed by atoms with E-state index < -0.39 is 5.54 Å². The van der Waals surface area contributed by atoms with Crippen molar-refractivity contribution in [2.45, 2.75) is 57.4 Å². The Bertz CT molecular complexity index is 965. The average molecular weight is 436 g/mol. The molecule has 1 atom stereocenters. The van der Waals surface area contributed by atoms with E-state index in [1.165, 1.54) is 0 Å². The van der Waals surface area contributed by atoms with Crippen LogP contribution in [0.15, 0.2) is 65.9 Å². The first-order valence-corrected chi connectivity index (χ1v) is 11.8. The number of aliphatic hydroxyl groups is 1. The fourth-order valence-electron chi connectivity index (χ4n) is 5.27. The number of aromatic hydroxyl groups is 1. The van der Waals surface area contributed by atoms with Crippen LogP contribution in [0.1, 0.15) is 51.0 Å². The van der Waals surface area contributed by atoms with E-state index in [2.05, 4.69) is 11.8 Å². The second-order valence-corrected chi connectivity index (χ2v) is 9.01. The average Bonchev–Trinajstić information content (AvgIpc) is 3.33. The summed E-state index contributed by atoms with van der Waals surface area (Å²) in [6.45, 7) is 2.96. The molecule has 5 heteroatoms. The summed E-state index contributed by atoms with van der Waals surface area (Å²) in [4.78, 5) is 15.0. The summed E-state index contributed by atoms with van der Waals surface area (Å²) >= 11 is 0. The molecule has 0 bridgehead atoms. The van der Waals surface area contributed by atoms with Gasteiger partial charge in [0.25, 0.3) is 0 Å². The van der Waals surface area contributed by atoms with Gasteiger partial charge in [0.1, 0.15) is 23.7 Å². The van der Waals surface area contributed by atoms with E-state index in [0.29, 0.717) is 18.4 Å². The van der Waals surface area contributed by atoms with Crippen LogP contribution in [-0.4, -0.2) is 34.9 Å². The molecule has 1 heterocycles. The summed E-state index contributed by atoms with van der Waals surface area (Å²) in [6.07, 6.45) is 6.07. The molecule has 2 aliphatic rings. The Hall–Kier alpha value is -2.95. The normalized spacial score (nSPS) is 21.6. The highest BCUT2D eigenvalue weighted by Crippen LogP contribution is 2.43. The van der Waals surface area contributed by atoms with E-state index in [1.807, 2.05) is 42.5 Å². The van der Waals surface area contributed by atoms with Crippen LogP contribution in [0.5, 0.6) is 5.75 Å². The summed E-state index contributed by atoms with van der Waals surface area (Å²) in [5, 5.41) is 21.7. The largest absolute Gasteiger partial charge is 0.509 e. The van der Waals surface area contributed by atoms with Crippen molar-refractivity contribution in [3.63, 3.8) is 0 Å². The molecular formula is C27H33NO4. The second kappa shape index (κ2) is 9.68. The maximum atomic E-state index is 12.8. The number of para-hydroxylation sites is 1. The summed E-state index contributed by atoms with van der Waals surface area (Å²) < 4.78 is 5.80. The number of carbonyl (C=O) groups is 1. The van der Waals surface area contributed by atoms with Crippen LogP contribution in [0.4, 0.5) is 5.69 Å². The molecule has 170 valence electrons. The number of hydrogen-bond donors (Lipinski definition) is 2. The number of carbonyl (C=O) groups excluding carboxylic acids is 1. The third-order valence-electron chi connectivity index (χ3n) is 6.89. The lowest BCUT2D eigenvalue weighted by Gasteiger charge is -2.47. The van der Waals surface area contributed by atoms with Gasteiger partial charge in [0.05, 0.1) is 5.57 Å². The van der Waals surface area contributed by atoms with Crippen LogP contribution < -0.4 is 4.90 Å². The van der Waals surface area contributed by atoms with Gasteiger partial charge < -0.3 is 19.8 Å². The minimum atomic E-state index is -0.839. The smallest absolute Gasteiger partial charge is 0.337 e. The first-order valence-electron chi connectivity index (χ1n) is 11.8. The van der Waals surface area contributed by atoms with Crippen molar-refractivity contribution in [3.05, 3.63) is 71.5 Å². The first kappa shape index (κ1) is 22.3. The SMILES string of the molecule is CCCN(c1ccccc1)[C@@]1(CCc2cccc(O)c2)COC(=O)C(C2CCCC2)=C1O. The molecule has 1 aliphatic carbocycles. The number of esters is 1. The Kier molecular flexibility index (Phi) is 6.73. The second-order valence-electron chi connectivity index (χ2n) is 9.01. The molecule has 0 radical (unpaired) electrons. The highest BCUT2D eigenvalue weighted by molar-refractivity contribution is 5.91. The van der Waals surface area contributed by atoms with Gasteiger partial charge in [-0.1, -0.05) is 50.1 Å². The molecule has 2 aromatic rings. The number of benzene rings is 2. The number of phenols is 1. The van der Waals surface area contributed by atoms with Gasteiger partial charge in [-0.25, -0.2) is 4.79 Å². The zero-order valence-corrected chi connectivity index (χ0v) is 18.8. The molecule has 0 spiro atoms. The summed E-state index contributed by atoms with van der Waals surface area (Å²) in [5.41, 5.74) is 1.62. The molecule has 2 N–H and O–H groups in total. The van der Waals surface area contributed by atoms with Crippen molar-refractivity contribution in [2.75, 3.05) is 18.1 Å². The minimum absolute atomic E-state index is 0.0576. The van der Waals surface area contributed by atoms with Gasteiger partial charge in [-0.3, -0.25) is 0 Å². The van der Waals surface area contributed by atoms with E-state index >= 15 is 0 Å². The predicted octanol–water partition coefficient (Wildman–Crippen LogP) is 5.54. The van der Waals surface area contributed by atoms with Crippen molar-refractivity contribution >= 4 is 11.7 Å². The lowest BCUT2D eigenvalue weighted by atomic mass is 9.80. The first-order chi connectivity index (χ1) is 15.5. The van der Waals surface area contributed by atoms with Gasteiger partial charge in [-0.05, 0) is 67.9 Å². The Balaban J connectivity index is 1.80.